The average molecular weight is 469 g/mol. The average Bonchev–Trinajstić information content (AvgIpc) is 2.82. The molecule has 3 aromatic rings. The Bertz CT molecular complexity index is 1330. The molecule has 0 aliphatic carbocycles. The van der Waals surface area contributed by atoms with Gasteiger partial charge in [0.1, 0.15) is 22.6 Å². The number of benzene rings is 2. The molecule has 1 aliphatic heterocycles. The lowest BCUT2D eigenvalue weighted by Crippen LogP contribution is -2.26. The molecule has 6 nitrogen and oxygen atoms in total. The molecule has 2 heterocycles. The molecular formula is C26H25F2NO5. The summed E-state index contributed by atoms with van der Waals surface area (Å²) >= 11 is 0. The molecule has 0 atom stereocenters. The molecule has 0 spiro atoms. The third-order valence-corrected chi connectivity index (χ3v) is 5.75. The highest BCUT2D eigenvalue weighted by atomic mass is 19.2. The number of allylic oxidation sites excluding steroid dienone is 1. The first-order valence-electron chi connectivity index (χ1n) is 11.0. The van der Waals surface area contributed by atoms with Gasteiger partial charge in [-0.1, -0.05) is 32.0 Å². The summed E-state index contributed by atoms with van der Waals surface area (Å²) in [5.41, 5.74) is -1.54. The van der Waals surface area contributed by atoms with Crippen molar-refractivity contribution < 1.29 is 27.8 Å². The molecule has 0 N–H and O–H groups in total. The fourth-order valence-electron chi connectivity index (χ4n) is 3.90. The predicted octanol–water partition coefficient (Wildman–Crippen LogP) is 5.53. The predicted molar refractivity (Wildman–Crippen MR) is 124 cm³/mol. The van der Waals surface area contributed by atoms with Crippen LogP contribution in [0.2, 0.25) is 0 Å². The van der Waals surface area contributed by atoms with E-state index >= 15 is 0 Å². The van der Waals surface area contributed by atoms with Gasteiger partial charge in [-0.2, -0.15) is 4.39 Å². The van der Waals surface area contributed by atoms with Crippen LogP contribution in [0, 0.1) is 17.0 Å². The Morgan fingerprint density at radius 1 is 1.18 bits per heavy atom. The summed E-state index contributed by atoms with van der Waals surface area (Å²) in [5, 5.41) is -0.163. The molecule has 1 aliphatic rings. The van der Waals surface area contributed by atoms with Crippen LogP contribution in [0.25, 0.3) is 17.1 Å². The fraction of sp³-hybridized carbons (Fsp3) is 0.308. The van der Waals surface area contributed by atoms with E-state index in [1.54, 1.807) is 13.1 Å². The lowest BCUT2D eigenvalue weighted by Gasteiger charge is -2.31. The number of para-hydroxylation sites is 1. The lowest BCUT2D eigenvalue weighted by molar-refractivity contribution is 0.0524. The minimum absolute atomic E-state index is 0.0592. The van der Waals surface area contributed by atoms with E-state index in [4.69, 9.17) is 14.2 Å². The zero-order valence-corrected chi connectivity index (χ0v) is 19.2. The Labute approximate surface area is 195 Å². The summed E-state index contributed by atoms with van der Waals surface area (Å²) in [6, 6.07) is 10.2. The van der Waals surface area contributed by atoms with Crippen LogP contribution in [0.5, 0.6) is 11.5 Å². The van der Waals surface area contributed by atoms with Crippen molar-refractivity contribution in [3.63, 3.8) is 0 Å². The highest BCUT2D eigenvalue weighted by Gasteiger charge is 2.32. The second-order valence-corrected chi connectivity index (χ2v) is 8.64. The quantitative estimate of drug-likeness (QED) is 0.320. The zero-order valence-electron chi connectivity index (χ0n) is 19.2. The maximum Gasteiger partial charge on any atom is 0.343 e. The van der Waals surface area contributed by atoms with E-state index in [-0.39, 0.29) is 28.8 Å². The van der Waals surface area contributed by atoms with Crippen LogP contribution in [0.15, 0.2) is 53.1 Å². The number of esters is 1. The molecule has 178 valence electrons. The molecule has 2 aromatic carbocycles. The zero-order chi connectivity index (χ0) is 24.5. The molecule has 0 saturated carbocycles. The van der Waals surface area contributed by atoms with E-state index in [0.29, 0.717) is 25.2 Å². The first kappa shape index (κ1) is 23.5. The first-order chi connectivity index (χ1) is 16.2. The van der Waals surface area contributed by atoms with Crippen LogP contribution in [0.4, 0.5) is 8.78 Å². The maximum atomic E-state index is 14.8. The summed E-state index contributed by atoms with van der Waals surface area (Å²) < 4.78 is 47.1. The Kier molecular flexibility index (Phi) is 6.41. The number of aromatic nitrogens is 1. The van der Waals surface area contributed by atoms with Crippen molar-refractivity contribution in [3.8, 4) is 11.5 Å². The van der Waals surface area contributed by atoms with Crippen molar-refractivity contribution in [3.05, 3.63) is 75.8 Å². The fourth-order valence-corrected chi connectivity index (χ4v) is 3.90. The number of carbonyl (C=O) groups is 1. The Morgan fingerprint density at radius 2 is 1.91 bits per heavy atom. The van der Waals surface area contributed by atoms with E-state index in [9.17, 15) is 18.4 Å². The molecule has 0 amide bonds. The summed E-state index contributed by atoms with van der Waals surface area (Å²) in [6.45, 7) is 5.98. The van der Waals surface area contributed by atoms with E-state index < -0.39 is 28.4 Å². The first-order valence-corrected chi connectivity index (χ1v) is 11.0. The Morgan fingerprint density at radius 3 is 2.62 bits per heavy atom. The van der Waals surface area contributed by atoms with Crippen molar-refractivity contribution in [2.24, 2.45) is 5.41 Å². The van der Waals surface area contributed by atoms with Crippen molar-refractivity contribution in [1.82, 2.24) is 4.57 Å². The summed E-state index contributed by atoms with van der Waals surface area (Å²) in [5.74, 6) is -2.51. The molecule has 1 aromatic heterocycles. The van der Waals surface area contributed by atoms with Gasteiger partial charge in [0, 0.05) is 17.8 Å². The minimum Gasteiger partial charge on any atom is -0.494 e. The number of ether oxygens (including phenoxy) is 3. The Hall–Kier alpha value is -3.68. The molecule has 34 heavy (non-hydrogen) atoms. The SMILES string of the molecule is CCOC(=O)c1cn2c3c(c(F)c(F)cc3c1=O)OC(C(C)(C)CCCOc1ccccc1)=C2. The van der Waals surface area contributed by atoms with Crippen molar-refractivity contribution in [1.29, 1.82) is 0 Å². The third kappa shape index (κ3) is 4.40. The molecular weight excluding hydrogens is 444 g/mol. The van der Waals surface area contributed by atoms with Crippen molar-refractivity contribution in [2.45, 2.75) is 33.6 Å². The van der Waals surface area contributed by atoms with Crippen molar-refractivity contribution in [2.75, 3.05) is 13.2 Å². The summed E-state index contributed by atoms with van der Waals surface area (Å²) in [4.78, 5) is 25.2. The van der Waals surface area contributed by atoms with Gasteiger partial charge in [0.15, 0.2) is 11.6 Å². The van der Waals surface area contributed by atoms with Gasteiger partial charge in [-0.05, 0) is 38.0 Å². The second kappa shape index (κ2) is 9.29. The maximum absolute atomic E-state index is 14.8. The smallest absolute Gasteiger partial charge is 0.343 e. The highest BCUT2D eigenvalue weighted by Crippen LogP contribution is 2.41. The molecule has 0 bridgehead atoms. The van der Waals surface area contributed by atoms with Crippen LogP contribution in [-0.4, -0.2) is 23.8 Å². The lowest BCUT2D eigenvalue weighted by atomic mass is 9.85. The number of hydrogen-bond donors (Lipinski definition) is 0. The topological polar surface area (TPSA) is 66.8 Å². The molecule has 4 rings (SSSR count). The molecule has 0 fully saturated rings. The molecule has 0 radical (unpaired) electrons. The second-order valence-electron chi connectivity index (χ2n) is 8.64. The Balaban J connectivity index is 1.67. The summed E-state index contributed by atoms with van der Waals surface area (Å²) in [7, 11) is 0. The highest BCUT2D eigenvalue weighted by molar-refractivity contribution is 5.96. The van der Waals surface area contributed by atoms with Gasteiger partial charge in [0.05, 0.1) is 18.6 Å². The number of pyridine rings is 1. The number of nitrogens with zero attached hydrogens (tertiary/aromatic N) is 1. The van der Waals surface area contributed by atoms with E-state index in [1.165, 1.54) is 10.8 Å². The van der Waals surface area contributed by atoms with Crippen LogP contribution >= 0.6 is 0 Å². The van der Waals surface area contributed by atoms with Gasteiger partial charge in [0.2, 0.25) is 11.2 Å². The van der Waals surface area contributed by atoms with E-state index in [2.05, 4.69) is 0 Å². The molecule has 0 saturated heterocycles. The van der Waals surface area contributed by atoms with Gasteiger partial charge < -0.3 is 18.8 Å². The van der Waals surface area contributed by atoms with Gasteiger partial charge in [-0.3, -0.25) is 4.79 Å². The van der Waals surface area contributed by atoms with Crippen LogP contribution in [-0.2, 0) is 4.74 Å². The normalized spacial score (nSPS) is 12.8. The minimum atomic E-state index is -1.23. The number of halogens is 2. The van der Waals surface area contributed by atoms with Crippen LogP contribution < -0.4 is 14.9 Å². The van der Waals surface area contributed by atoms with Gasteiger partial charge in [-0.15, -0.1) is 0 Å². The standard InChI is InChI=1S/C26H25F2NO5/c1-4-32-25(31)18-14-29-15-20(26(2,3)11-8-12-33-16-9-6-5-7-10-16)34-24-21(28)19(27)13-17(22(24)29)23(18)30/h5-7,9-10,13-15H,4,8,11-12H2,1-3H3. The number of hydrogen-bond acceptors (Lipinski definition) is 5. The van der Waals surface area contributed by atoms with E-state index in [0.717, 1.165) is 11.8 Å². The number of rotatable bonds is 8. The molecule has 0 unspecified atom stereocenters. The molecule has 8 heteroatoms. The summed E-state index contributed by atoms with van der Waals surface area (Å²) in [6.07, 6.45) is 4.16. The third-order valence-electron chi connectivity index (χ3n) is 5.75. The van der Waals surface area contributed by atoms with E-state index in [1.807, 2.05) is 44.2 Å². The van der Waals surface area contributed by atoms with Crippen LogP contribution in [0.1, 0.15) is 44.0 Å². The monoisotopic (exact) mass is 469 g/mol. The number of carbonyl (C=O) groups excluding carboxylic acids is 1. The van der Waals surface area contributed by atoms with Crippen molar-refractivity contribution >= 4 is 23.1 Å². The largest absolute Gasteiger partial charge is 0.494 e. The van der Waals surface area contributed by atoms with Crippen LogP contribution in [0.3, 0.4) is 0 Å². The van der Waals surface area contributed by atoms with Gasteiger partial charge in [-0.25, -0.2) is 9.18 Å². The van der Waals surface area contributed by atoms with Gasteiger partial charge >= 0.3 is 5.97 Å². The van der Waals surface area contributed by atoms with Gasteiger partial charge in [0.25, 0.3) is 0 Å².